The number of nitrogens with zero attached hydrogens (tertiary/aromatic N) is 1. The molecule has 78 valence electrons. The van der Waals surface area contributed by atoms with Crippen molar-refractivity contribution in [1.82, 2.24) is 4.98 Å². The van der Waals surface area contributed by atoms with E-state index in [2.05, 4.69) is 10.3 Å². The van der Waals surface area contributed by atoms with Crippen LogP contribution < -0.4 is 5.32 Å². The van der Waals surface area contributed by atoms with Gasteiger partial charge >= 0.3 is 6.18 Å². The monoisotopic (exact) mass is 224 g/mol. The van der Waals surface area contributed by atoms with Gasteiger partial charge in [0.25, 0.3) is 0 Å². The van der Waals surface area contributed by atoms with Gasteiger partial charge in [0, 0.05) is 18.6 Å². The standard InChI is InChI=1S/C8H8ClF3N2/c9-3-4-13-7-2-1-6(5-14-7)8(10,11)12/h1-2,5H,3-4H2,(H,13,14). The SMILES string of the molecule is FC(F)(F)c1ccc(NCCCl)nc1. The van der Waals surface area contributed by atoms with Gasteiger partial charge in [0.15, 0.2) is 0 Å². The Morgan fingerprint density at radius 1 is 1.36 bits per heavy atom. The van der Waals surface area contributed by atoms with E-state index in [1.807, 2.05) is 0 Å². The van der Waals surface area contributed by atoms with Crippen molar-refractivity contribution in [2.45, 2.75) is 6.18 Å². The first kappa shape index (κ1) is 11.1. The summed E-state index contributed by atoms with van der Waals surface area (Å²) in [6, 6.07) is 2.25. The van der Waals surface area contributed by atoms with Crippen LogP contribution in [0.3, 0.4) is 0 Å². The fourth-order valence-electron chi connectivity index (χ4n) is 0.841. The van der Waals surface area contributed by atoms with Crippen LogP contribution in [0.25, 0.3) is 0 Å². The molecule has 0 aliphatic rings. The normalized spacial score (nSPS) is 11.4. The molecule has 0 atom stereocenters. The highest BCUT2D eigenvalue weighted by atomic mass is 35.5. The average Bonchev–Trinajstić information content (AvgIpc) is 2.14. The molecule has 0 aliphatic carbocycles. The summed E-state index contributed by atoms with van der Waals surface area (Å²) in [6.07, 6.45) is -3.55. The van der Waals surface area contributed by atoms with Crippen LogP contribution in [0.15, 0.2) is 18.3 Å². The molecule has 14 heavy (non-hydrogen) atoms. The van der Waals surface area contributed by atoms with Gasteiger partial charge in [0.2, 0.25) is 0 Å². The van der Waals surface area contributed by atoms with Crippen molar-refractivity contribution in [3.63, 3.8) is 0 Å². The number of nitrogens with one attached hydrogen (secondary N) is 1. The summed E-state index contributed by atoms with van der Waals surface area (Å²) in [5, 5.41) is 2.76. The van der Waals surface area contributed by atoms with Crippen LogP contribution in [0.4, 0.5) is 19.0 Å². The third kappa shape index (κ3) is 3.06. The van der Waals surface area contributed by atoms with E-state index in [1.165, 1.54) is 6.07 Å². The summed E-state index contributed by atoms with van der Waals surface area (Å²) in [5.74, 6) is 0.765. The summed E-state index contributed by atoms with van der Waals surface area (Å²) < 4.78 is 36.3. The minimum Gasteiger partial charge on any atom is -0.369 e. The molecule has 2 nitrogen and oxygen atoms in total. The fourth-order valence-corrected chi connectivity index (χ4v) is 0.936. The molecule has 0 radical (unpaired) electrons. The smallest absolute Gasteiger partial charge is 0.369 e. The molecule has 0 amide bonds. The summed E-state index contributed by atoms with van der Waals surface area (Å²) in [7, 11) is 0. The first-order valence-corrected chi connectivity index (χ1v) is 4.40. The molecule has 1 N–H and O–H groups in total. The zero-order valence-corrected chi connectivity index (χ0v) is 7.86. The van der Waals surface area contributed by atoms with Gasteiger partial charge in [0.05, 0.1) is 5.56 Å². The topological polar surface area (TPSA) is 24.9 Å². The van der Waals surface area contributed by atoms with Crippen molar-refractivity contribution in [1.29, 1.82) is 0 Å². The number of halogens is 4. The van der Waals surface area contributed by atoms with E-state index in [9.17, 15) is 13.2 Å². The summed E-state index contributed by atoms with van der Waals surface area (Å²) in [4.78, 5) is 3.59. The zero-order valence-electron chi connectivity index (χ0n) is 7.11. The second-order valence-electron chi connectivity index (χ2n) is 2.55. The van der Waals surface area contributed by atoms with Crippen LogP contribution in [0, 0.1) is 0 Å². The third-order valence-corrected chi connectivity index (χ3v) is 1.68. The zero-order chi connectivity index (χ0) is 10.6. The molecule has 1 rings (SSSR count). The van der Waals surface area contributed by atoms with E-state index >= 15 is 0 Å². The predicted octanol–water partition coefficient (Wildman–Crippen LogP) is 2.75. The third-order valence-electron chi connectivity index (χ3n) is 1.49. The average molecular weight is 225 g/mol. The predicted molar refractivity (Wildman–Crippen MR) is 48.4 cm³/mol. The van der Waals surface area contributed by atoms with Crippen LogP contribution in [-0.4, -0.2) is 17.4 Å². The molecule has 1 heterocycles. The molecule has 0 spiro atoms. The molecule has 0 unspecified atom stereocenters. The van der Waals surface area contributed by atoms with Crippen molar-refractivity contribution >= 4 is 17.4 Å². The van der Waals surface area contributed by atoms with E-state index in [1.54, 1.807) is 0 Å². The Hall–Kier alpha value is -0.970. The van der Waals surface area contributed by atoms with Crippen LogP contribution in [-0.2, 0) is 6.18 Å². The van der Waals surface area contributed by atoms with Gasteiger partial charge < -0.3 is 5.32 Å². The largest absolute Gasteiger partial charge is 0.417 e. The molecule has 0 fully saturated rings. The molecule has 0 aliphatic heterocycles. The van der Waals surface area contributed by atoms with Crippen molar-refractivity contribution in [2.75, 3.05) is 17.7 Å². The first-order chi connectivity index (χ1) is 6.54. The van der Waals surface area contributed by atoms with E-state index < -0.39 is 11.7 Å². The molecule has 0 saturated heterocycles. The van der Waals surface area contributed by atoms with Crippen molar-refractivity contribution in [3.05, 3.63) is 23.9 Å². The molecule has 0 bridgehead atoms. The molecule has 1 aromatic rings. The number of rotatable bonds is 3. The maximum absolute atomic E-state index is 12.1. The van der Waals surface area contributed by atoms with Crippen molar-refractivity contribution < 1.29 is 13.2 Å². The van der Waals surface area contributed by atoms with Gasteiger partial charge in [0.1, 0.15) is 5.82 Å². The second kappa shape index (κ2) is 4.50. The lowest BCUT2D eigenvalue weighted by Crippen LogP contribution is -2.08. The Kier molecular flexibility index (Phi) is 3.57. The van der Waals surface area contributed by atoms with Crippen LogP contribution in [0.2, 0.25) is 0 Å². The lowest BCUT2D eigenvalue weighted by atomic mass is 10.3. The van der Waals surface area contributed by atoms with Crippen LogP contribution in [0.1, 0.15) is 5.56 Å². The lowest BCUT2D eigenvalue weighted by Gasteiger charge is -2.07. The number of pyridine rings is 1. The Bertz CT molecular complexity index is 284. The molecule has 0 saturated carbocycles. The highest BCUT2D eigenvalue weighted by Gasteiger charge is 2.30. The minimum absolute atomic E-state index is 0.378. The molecule has 6 heteroatoms. The van der Waals surface area contributed by atoms with Gasteiger partial charge in [-0.1, -0.05) is 0 Å². The Morgan fingerprint density at radius 2 is 2.07 bits per heavy atom. The fraction of sp³-hybridized carbons (Fsp3) is 0.375. The lowest BCUT2D eigenvalue weighted by molar-refractivity contribution is -0.137. The Labute approximate surface area is 84.1 Å². The molecular formula is C8H8ClF3N2. The van der Waals surface area contributed by atoms with Gasteiger partial charge in [-0.3, -0.25) is 0 Å². The molecule has 1 aromatic heterocycles. The van der Waals surface area contributed by atoms with E-state index in [4.69, 9.17) is 11.6 Å². The number of hydrogen-bond acceptors (Lipinski definition) is 2. The molecular weight excluding hydrogens is 217 g/mol. The number of anilines is 1. The highest BCUT2D eigenvalue weighted by molar-refractivity contribution is 6.18. The molecule has 0 aromatic carbocycles. The number of aromatic nitrogens is 1. The van der Waals surface area contributed by atoms with Gasteiger partial charge in [-0.25, -0.2) is 4.98 Å². The van der Waals surface area contributed by atoms with E-state index in [0.717, 1.165) is 12.3 Å². The maximum atomic E-state index is 12.1. The van der Waals surface area contributed by atoms with Crippen molar-refractivity contribution in [2.24, 2.45) is 0 Å². The highest BCUT2D eigenvalue weighted by Crippen LogP contribution is 2.28. The number of alkyl halides is 4. The second-order valence-corrected chi connectivity index (χ2v) is 2.92. The summed E-state index contributed by atoms with van der Waals surface area (Å²) >= 11 is 5.39. The number of hydrogen-bond donors (Lipinski definition) is 1. The quantitative estimate of drug-likeness (QED) is 0.799. The first-order valence-electron chi connectivity index (χ1n) is 3.87. The van der Waals surface area contributed by atoms with Gasteiger partial charge in [-0.2, -0.15) is 13.2 Å². The van der Waals surface area contributed by atoms with Crippen LogP contribution >= 0.6 is 11.6 Å². The summed E-state index contributed by atoms with van der Waals surface area (Å²) in [5.41, 5.74) is -0.756. The van der Waals surface area contributed by atoms with Crippen molar-refractivity contribution in [3.8, 4) is 0 Å². The van der Waals surface area contributed by atoms with Gasteiger partial charge in [-0.15, -0.1) is 11.6 Å². The Morgan fingerprint density at radius 3 is 2.50 bits per heavy atom. The minimum atomic E-state index is -4.34. The van der Waals surface area contributed by atoms with E-state index in [0.29, 0.717) is 18.2 Å². The van der Waals surface area contributed by atoms with Gasteiger partial charge in [-0.05, 0) is 12.1 Å². The van der Waals surface area contributed by atoms with Crippen LogP contribution in [0.5, 0.6) is 0 Å². The Balaban J connectivity index is 2.69. The maximum Gasteiger partial charge on any atom is 0.417 e. The summed E-state index contributed by atoms with van der Waals surface area (Å²) in [6.45, 7) is 0.472. The van der Waals surface area contributed by atoms with E-state index in [-0.39, 0.29) is 0 Å².